The zero-order valence-electron chi connectivity index (χ0n) is 9.86. The number of carbonyl (C=O) groups is 1. The third-order valence-corrected chi connectivity index (χ3v) is 3.79. The van der Waals surface area contributed by atoms with E-state index in [0.29, 0.717) is 0 Å². The lowest BCUT2D eigenvalue weighted by Gasteiger charge is -2.17. The van der Waals surface area contributed by atoms with Crippen LogP contribution in [-0.2, 0) is 4.79 Å². The predicted molar refractivity (Wildman–Crippen MR) is 63.6 cm³/mol. The lowest BCUT2D eigenvalue weighted by atomic mass is 9.87. The van der Waals surface area contributed by atoms with Gasteiger partial charge in [0.1, 0.15) is 0 Å². The number of hydrogen-bond donors (Lipinski definition) is 1. The first-order chi connectivity index (χ1) is 7.59. The molecule has 2 heteroatoms. The van der Waals surface area contributed by atoms with Crippen LogP contribution in [0.1, 0.15) is 41.9 Å². The van der Waals surface area contributed by atoms with Gasteiger partial charge >= 0.3 is 5.97 Å². The highest BCUT2D eigenvalue weighted by Gasteiger charge is 2.33. The van der Waals surface area contributed by atoms with Gasteiger partial charge in [0.05, 0.1) is 5.92 Å². The molecule has 86 valence electrons. The highest BCUT2D eigenvalue weighted by molar-refractivity contribution is 5.72. The SMILES string of the molecule is Cc1ccc(C2CCCC2C(=O)O)cc1C. The minimum Gasteiger partial charge on any atom is -0.481 e. The van der Waals surface area contributed by atoms with Gasteiger partial charge in [-0.05, 0) is 49.3 Å². The zero-order valence-corrected chi connectivity index (χ0v) is 9.86. The van der Waals surface area contributed by atoms with E-state index in [1.54, 1.807) is 0 Å². The van der Waals surface area contributed by atoms with Crippen molar-refractivity contribution in [3.05, 3.63) is 34.9 Å². The molecule has 0 spiro atoms. The summed E-state index contributed by atoms with van der Waals surface area (Å²) < 4.78 is 0. The molecule has 1 saturated carbocycles. The summed E-state index contributed by atoms with van der Waals surface area (Å²) >= 11 is 0. The van der Waals surface area contributed by atoms with Gasteiger partial charge in [-0.15, -0.1) is 0 Å². The van der Waals surface area contributed by atoms with Crippen LogP contribution in [0.25, 0.3) is 0 Å². The predicted octanol–water partition coefficient (Wildman–Crippen LogP) is 3.27. The first-order valence-corrected chi connectivity index (χ1v) is 5.89. The zero-order chi connectivity index (χ0) is 11.7. The topological polar surface area (TPSA) is 37.3 Å². The molecule has 2 unspecified atom stereocenters. The summed E-state index contributed by atoms with van der Waals surface area (Å²) in [7, 11) is 0. The van der Waals surface area contributed by atoms with E-state index in [2.05, 4.69) is 32.0 Å². The second-order valence-corrected chi connectivity index (χ2v) is 4.83. The van der Waals surface area contributed by atoms with Gasteiger partial charge in [-0.1, -0.05) is 24.6 Å². The Hall–Kier alpha value is -1.31. The van der Waals surface area contributed by atoms with Crippen molar-refractivity contribution in [1.29, 1.82) is 0 Å². The van der Waals surface area contributed by atoms with E-state index >= 15 is 0 Å². The van der Waals surface area contributed by atoms with Crippen LogP contribution in [0.4, 0.5) is 0 Å². The largest absolute Gasteiger partial charge is 0.481 e. The molecular weight excluding hydrogens is 200 g/mol. The molecule has 1 aliphatic carbocycles. The molecule has 16 heavy (non-hydrogen) atoms. The van der Waals surface area contributed by atoms with E-state index in [9.17, 15) is 4.79 Å². The highest BCUT2D eigenvalue weighted by Crippen LogP contribution is 2.40. The molecule has 1 fully saturated rings. The molecule has 1 N–H and O–H groups in total. The number of aliphatic carboxylic acids is 1. The van der Waals surface area contributed by atoms with Crippen LogP contribution in [0.5, 0.6) is 0 Å². The van der Waals surface area contributed by atoms with Crippen LogP contribution in [0, 0.1) is 19.8 Å². The summed E-state index contributed by atoms with van der Waals surface area (Å²) in [4.78, 5) is 11.1. The third-order valence-electron chi connectivity index (χ3n) is 3.79. The molecule has 2 nitrogen and oxygen atoms in total. The van der Waals surface area contributed by atoms with Crippen LogP contribution < -0.4 is 0 Å². The van der Waals surface area contributed by atoms with Crippen LogP contribution >= 0.6 is 0 Å². The summed E-state index contributed by atoms with van der Waals surface area (Å²) in [5.41, 5.74) is 3.73. The third kappa shape index (κ3) is 1.97. The van der Waals surface area contributed by atoms with Crippen LogP contribution in [-0.4, -0.2) is 11.1 Å². The van der Waals surface area contributed by atoms with Crippen molar-refractivity contribution in [2.45, 2.75) is 39.0 Å². The minimum absolute atomic E-state index is 0.179. The molecule has 1 aromatic rings. The molecule has 1 aliphatic rings. The van der Waals surface area contributed by atoms with Crippen molar-refractivity contribution in [3.63, 3.8) is 0 Å². The normalized spacial score (nSPS) is 24.6. The lowest BCUT2D eigenvalue weighted by Crippen LogP contribution is -2.16. The van der Waals surface area contributed by atoms with Gasteiger partial charge in [-0.3, -0.25) is 4.79 Å². The fourth-order valence-corrected chi connectivity index (χ4v) is 2.65. The van der Waals surface area contributed by atoms with Crippen molar-refractivity contribution >= 4 is 5.97 Å². The number of aryl methyl sites for hydroxylation is 2. The fraction of sp³-hybridized carbons (Fsp3) is 0.500. The van der Waals surface area contributed by atoms with Crippen molar-refractivity contribution in [2.24, 2.45) is 5.92 Å². The standard InChI is InChI=1S/C14H18O2/c1-9-6-7-11(8-10(9)2)12-4-3-5-13(12)14(15)16/h6-8,12-13H,3-5H2,1-2H3,(H,15,16). The van der Waals surface area contributed by atoms with Gasteiger partial charge in [0, 0.05) is 0 Å². The molecule has 0 radical (unpaired) electrons. The summed E-state index contributed by atoms with van der Waals surface area (Å²) in [6.45, 7) is 4.17. The maximum Gasteiger partial charge on any atom is 0.307 e. The summed E-state index contributed by atoms with van der Waals surface area (Å²) in [5, 5.41) is 9.17. The van der Waals surface area contributed by atoms with Gasteiger partial charge in [-0.25, -0.2) is 0 Å². The van der Waals surface area contributed by atoms with Crippen molar-refractivity contribution in [3.8, 4) is 0 Å². The van der Waals surface area contributed by atoms with E-state index in [-0.39, 0.29) is 11.8 Å². The van der Waals surface area contributed by atoms with Gasteiger partial charge in [0.2, 0.25) is 0 Å². The average molecular weight is 218 g/mol. The Morgan fingerprint density at radius 3 is 2.62 bits per heavy atom. The number of carboxylic acids is 1. The van der Waals surface area contributed by atoms with Gasteiger partial charge in [0.25, 0.3) is 0 Å². The molecule has 0 bridgehead atoms. The highest BCUT2D eigenvalue weighted by atomic mass is 16.4. The summed E-state index contributed by atoms with van der Waals surface area (Å²) in [5.74, 6) is -0.598. The molecule has 0 heterocycles. The first kappa shape index (κ1) is 11.2. The van der Waals surface area contributed by atoms with E-state index in [1.165, 1.54) is 16.7 Å². The van der Waals surface area contributed by atoms with Gasteiger partial charge < -0.3 is 5.11 Å². The van der Waals surface area contributed by atoms with Crippen molar-refractivity contribution < 1.29 is 9.90 Å². The molecule has 0 saturated heterocycles. The first-order valence-electron chi connectivity index (χ1n) is 5.89. The maximum atomic E-state index is 11.1. The number of benzene rings is 1. The fourth-order valence-electron chi connectivity index (χ4n) is 2.65. The minimum atomic E-state index is -0.638. The summed E-state index contributed by atoms with van der Waals surface area (Å²) in [6, 6.07) is 6.34. The van der Waals surface area contributed by atoms with Crippen LogP contribution in [0.2, 0.25) is 0 Å². The lowest BCUT2D eigenvalue weighted by molar-refractivity contribution is -0.142. The maximum absolute atomic E-state index is 11.1. The van der Waals surface area contributed by atoms with Gasteiger partial charge in [0.15, 0.2) is 0 Å². The van der Waals surface area contributed by atoms with Crippen LogP contribution in [0.15, 0.2) is 18.2 Å². The Morgan fingerprint density at radius 2 is 2.00 bits per heavy atom. The smallest absolute Gasteiger partial charge is 0.307 e. The number of rotatable bonds is 2. The quantitative estimate of drug-likeness (QED) is 0.827. The van der Waals surface area contributed by atoms with E-state index in [1.807, 2.05) is 0 Å². The van der Waals surface area contributed by atoms with E-state index in [4.69, 9.17) is 5.11 Å². The molecule has 0 aliphatic heterocycles. The average Bonchev–Trinajstić information content (AvgIpc) is 2.71. The van der Waals surface area contributed by atoms with Crippen LogP contribution in [0.3, 0.4) is 0 Å². The molecule has 1 aromatic carbocycles. The Labute approximate surface area is 96.3 Å². The monoisotopic (exact) mass is 218 g/mol. The molecule has 2 atom stereocenters. The second kappa shape index (κ2) is 4.28. The molecule has 2 rings (SSSR count). The van der Waals surface area contributed by atoms with E-state index < -0.39 is 5.97 Å². The number of hydrogen-bond acceptors (Lipinski definition) is 1. The Bertz CT molecular complexity index is 409. The Kier molecular flexibility index (Phi) is 2.99. The second-order valence-electron chi connectivity index (χ2n) is 4.83. The van der Waals surface area contributed by atoms with Crippen molar-refractivity contribution in [2.75, 3.05) is 0 Å². The Morgan fingerprint density at radius 1 is 1.25 bits per heavy atom. The molecule has 0 amide bonds. The molecular formula is C14H18O2. The van der Waals surface area contributed by atoms with E-state index in [0.717, 1.165) is 19.3 Å². The summed E-state index contributed by atoms with van der Waals surface area (Å²) in [6.07, 6.45) is 2.88. The number of carboxylic acid groups (broad SMARTS) is 1. The van der Waals surface area contributed by atoms with Crippen molar-refractivity contribution in [1.82, 2.24) is 0 Å². The van der Waals surface area contributed by atoms with Gasteiger partial charge in [-0.2, -0.15) is 0 Å². The molecule has 0 aromatic heterocycles. The Balaban J connectivity index is 2.29.